The molecule has 1 aromatic rings. The predicted molar refractivity (Wildman–Crippen MR) is 60.6 cm³/mol. The van der Waals surface area contributed by atoms with Crippen LogP contribution >= 0.6 is 0 Å². The number of hydrogen-bond acceptors (Lipinski definition) is 3. The molecule has 0 atom stereocenters. The van der Waals surface area contributed by atoms with Crippen molar-refractivity contribution in [1.82, 2.24) is 5.32 Å². The van der Waals surface area contributed by atoms with E-state index in [0.29, 0.717) is 11.3 Å². The molecule has 6 heteroatoms. The maximum atomic E-state index is 11.3. The highest BCUT2D eigenvalue weighted by Gasteiger charge is 2.06. The first-order valence-corrected chi connectivity index (χ1v) is 4.80. The summed E-state index contributed by atoms with van der Waals surface area (Å²) in [4.78, 5) is 21.5. The summed E-state index contributed by atoms with van der Waals surface area (Å²) in [6.07, 6.45) is 0. The molecule has 6 nitrogen and oxygen atoms in total. The standard InChI is InChI=1S/C11H11N3O3/c1-7-2-3-8(5-12)4-9(7)14-11(17)13-6-10(15)16/h2-4H,6H2,1H3,(H,15,16)(H2,13,14,17). The zero-order chi connectivity index (χ0) is 12.8. The molecule has 0 heterocycles. The normalized spacial score (nSPS) is 9.18. The number of carbonyl (C=O) groups is 2. The highest BCUT2D eigenvalue weighted by atomic mass is 16.4. The number of nitrogens with one attached hydrogen (secondary N) is 2. The van der Waals surface area contributed by atoms with Gasteiger partial charge in [0.15, 0.2) is 0 Å². The van der Waals surface area contributed by atoms with E-state index >= 15 is 0 Å². The second-order valence-corrected chi connectivity index (χ2v) is 3.34. The van der Waals surface area contributed by atoms with Gasteiger partial charge in [-0.15, -0.1) is 0 Å². The van der Waals surface area contributed by atoms with Gasteiger partial charge >= 0.3 is 12.0 Å². The van der Waals surface area contributed by atoms with Crippen molar-refractivity contribution in [2.75, 3.05) is 11.9 Å². The van der Waals surface area contributed by atoms with Crippen LogP contribution in [0.3, 0.4) is 0 Å². The number of rotatable bonds is 3. The lowest BCUT2D eigenvalue weighted by atomic mass is 10.1. The number of carboxylic acid groups (broad SMARTS) is 1. The lowest BCUT2D eigenvalue weighted by Gasteiger charge is -2.08. The molecule has 0 spiro atoms. The maximum Gasteiger partial charge on any atom is 0.323 e. The Hall–Kier alpha value is -2.55. The van der Waals surface area contributed by atoms with Gasteiger partial charge in [0.05, 0.1) is 11.6 Å². The number of aliphatic carboxylic acids is 1. The summed E-state index contributed by atoms with van der Waals surface area (Å²) in [7, 11) is 0. The number of benzene rings is 1. The van der Waals surface area contributed by atoms with E-state index in [-0.39, 0.29) is 0 Å². The molecule has 0 aliphatic rings. The average molecular weight is 233 g/mol. The summed E-state index contributed by atoms with van der Waals surface area (Å²) in [5, 5.41) is 21.7. The Kier molecular flexibility index (Phi) is 4.06. The number of nitrogens with zero attached hydrogens (tertiary/aromatic N) is 1. The molecule has 1 aromatic carbocycles. The minimum absolute atomic E-state index is 0.420. The van der Waals surface area contributed by atoms with E-state index in [1.54, 1.807) is 19.1 Å². The second-order valence-electron chi connectivity index (χ2n) is 3.34. The van der Waals surface area contributed by atoms with Crippen molar-refractivity contribution in [1.29, 1.82) is 5.26 Å². The maximum absolute atomic E-state index is 11.3. The van der Waals surface area contributed by atoms with E-state index < -0.39 is 18.5 Å². The topological polar surface area (TPSA) is 102 Å². The Morgan fingerprint density at radius 3 is 2.76 bits per heavy atom. The third-order valence-corrected chi connectivity index (χ3v) is 2.02. The van der Waals surface area contributed by atoms with Crippen LogP contribution in [-0.4, -0.2) is 23.7 Å². The molecule has 1 rings (SSSR count). The average Bonchev–Trinajstić information content (AvgIpc) is 2.29. The van der Waals surface area contributed by atoms with E-state index in [4.69, 9.17) is 10.4 Å². The first-order valence-electron chi connectivity index (χ1n) is 4.80. The minimum atomic E-state index is -1.12. The van der Waals surface area contributed by atoms with Gasteiger partial charge in [0.1, 0.15) is 6.54 Å². The Morgan fingerprint density at radius 2 is 2.18 bits per heavy atom. The van der Waals surface area contributed by atoms with E-state index in [0.717, 1.165) is 5.56 Å². The zero-order valence-electron chi connectivity index (χ0n) is 9.15. The number of urea groups is 1. The van der Waals surface area contributed by atoms with Crippen LogP contribution in [0.1, 0.15) is 11.1 Å². The highest BCUT2D eigenvalue weighted by Crippen LogP contribution is 2.16. The van der Waals surface area contributed by atoms with Gasteiger partial charge in [0.2, 0.25) is 0 Å². The smallest absolute Gasteiger partial charge is 0.323 e. The molecule has 0 radical (unpaired) electrons. The summed E-state index contributed by atoms with van der Waals surface area (Å²) in [5.41, 5.74) is 1.69. The molecule has 0 aliphatic carbocycles. The van der Waals surface area contributed by atoms with Crippen molar-refractivity contribution in [3.8, 4) is 6.07 Å². The zero-order valence-corrected chi connectivity index (χ0v) is 9.15. The molecular formula is C11H11N3O3. The molecule has 0 fully saturated rings. The molecule has 3 N–H and O–H groups in total. The molecular weight excluding hydrogens is 222 g/mol. The van der Waals surface area contributed by atoms with E-state index in [9.17, 15) is 9.59 Å². The number of anilines is 1. The van der Waals surface area contributed by atoms with Crippen molar-refractivity contribution < 1.29 is 14.7 Å². The van der Waals surface area contributed by atoms with Crippen LogP contribution in [0, 0.1) is 18.3 Å². The summed E-state index contributed by atoms with van der Waals surface area (Å²) in [6, 6.07) is 6.19. The minimum Gasteiger partial charge on any atom is -0.480 e. The van der Waals surface area contributed by atoms with Crippen LogP contribution in [0.5, 0.6) is 0 Å². The number of amides is 2. The van der Waals surface area contributed by atoms with Gasteiger partial charge in [-0.2, -0.15) is 5.26 Å². The van der Waals surface area contributed by atoms with Crippen molar-refractivity contribution in [3.05, 3.63) is 29.3 Å². The Balaban J connectivity index is 2.71. The summed E-state index contributed by atoms with van der Waals surface area (Å²) >= 11 is 0. The van der Waals surface area contributed by atoms with Gasteiger partial charge in [-0.25, -0.2) is 4.79 Å². The quantitative estimate of drug-likeness (QED) is 0.726. The van der Waals surface area contributed by atoms with Gasteiger partial charge in [-0.3, -0.25) is 4.79 Å². The van der Waals surface area contributed by atoms with Crippen LogP contribution < -0.4 is 10.6 Å². The molecule has 0 saturated heterocycles. The summed E-state index contributed by atoms with van der Waals surface area (Å²) < 4.78 is 0. The Morgan fingerprint density at radius 1 is 1.47 bits per heavy atom. The number of aryl methyl sites for hydroxylation is 1. The summed E-state index contributed by atoms with van der Waals surface area (Å²) in [6.45, 7) is 1.32. The molecule has 17 heavy (non-hydrogen) atoms. The second kappa shape index (κ2) is 5.51. The molecule has 0 aromatic heterocycles. The van der Waals surface area contributed by atoms with Gasteiger partial charge in [-0.05, 0) is 24.6 Å². The molecule has 0 saturated carbocycles. The van der Waals surface area contributed by atoms with Crippen LogP contribution in [-0.2, 0) is 4.79 Å². The van der Waals surface area contributed by atoms with Crippen molar-refractivity contribution in [2.24, 2.45) is 0 Å². The van der Waals surface area contributed by atoms with Crippen LogP contribution in [0.4, 0.5) is 10.5 Å². The molecule has 0 unspecified atom stereocenters. The van der Waals surface area contributed by atoms with Crippen molar-refractivity contribution in [3.63, 3.8) is 0 Å². The summed E-state index contributed by atoms with van der Waals surface area (Å²) in [5.74, 6) is -1.12. The first-order chi connectivity index (χ1) is 8.02. The number of carbonyl (C=O) groups excluding carboxylic acids is 1. The third kappa shape index (κ3) is 3.83. The van der Waals surface area contributed by atoms with Crippen LogP contribution in [0.25, 0.3) is 0 Å². The number of hydrogen-bond donors (Lipinski definition) is 3. The lowest BCUT2D eigenvalue weighted by molar-refractivity contribution is -0.135. The van der Waals surface area contributed by atoms with E-state index in [2.05, 4.69) is 10.6 Å². The molecule has 0 bridgehead atoms. The number of carboxylic acids is 1. The Bertz CT molecular complexity index is 491. The van der Waals surface area contributed by atoms with Crippen molar-refractivity contribution >= 4 is 17.7 Å². The molecule has 2 amide bonds. The molecule has 0 aliphatic heterocycles. The fraction of sp³-hybridized carbons (Fsp3) is 0.182. The van der Waals surface area contributed by atoms with Crippen molar-refractivity contribution in [2.45, 2.75) is 6.92 Å². The highest BCUT2D eigenvalue weighted by molar-refractivity contribution is 5.92. The SMILES string of the molecule is Cc1ccc(C#N)cc1NC(=O)NCC(=O)O. The lowest BCUT2D eigenvalue weighted by Crippen LogP contribution is -2.33. The van der Waals surface area contributed by atoms with E-state index in [1.807, 2.05) is 6.07 Å². The fourth-order valence-corrected chi connectivity index (χ4v) is 1.15. The van der Waals surface area contributed by atoms with Gasteiger partial charge in [0.25, 0.3) is 0 Å². The predicted octanol–water partition coefficient (Wildman–Crippen LogP) is 1.07. The van der Waals surface area contributed by atoms with Crippen LogP contribution in [0.15, 0.2) is 18.2 Å². The monoisotopic (exact) mass is 233 g/mol. The first kappa shape index (κ1) is 12.5. The van der Waals surface area contributed by atoms with E-state index in [1.165, 1.54) is 6.07 Å². The van der Waals surface area contributed by atoms with Gasteiger partial charge < -0.3 is 15.7 Å². The van der Waals surface area contributed by atoms with Gasteiger partial charge in [0, 0.05) is 5.69 Å². The molecule has 88 valence electrons. The Labute approximate surface area is 97.9 Å². The van der Waals surface area contributed by atoms with Crippen LogP contribution in [0.2, 0.25) is 0 Å². The fourth-order valence-electron chi connectivity index (χ4n) is 1.15. The van der Waals surface area contributed by atoms with Gasteiger partial charge in [-0.1, -0.05) is 6.07 Å². The number of nitriles is 1. The third-order valence-electron chi connectivity index (χ3n) is 2.02. The largest absolute Gasteiger partial charge is 0.480 e.